The molecular weight excluding hydrogens is 338 g/mol. The molecule has 1 amide bonds. The number of fused-ring (bicyclic) bond motifs is 2. The third-order valence-electron chi connectivity index (χ3n) is 5.55. The molecule has 7 heteroatoms. The maximum Gasteiger partial charge on any atom is 0.242 e. The van der Waals surface area contributed by atoms with Crippen molar-refractivity contribution in [1.82, 2.24) is 14.7 Å². The Balaban J connectivity index is 1.52. The van der Waals surface area contributed by atoms with Crippen molar-refractivity contribution in [2.45, 2.75) is 37.6 Å². The number of hydrogen-bond acceptors (Lipinski definition) is 3. The standard InChI is InChI=1S/C19H22F2N4O/c1-24-11-14(10-22-24)12-25-6-4-19(5-7-25)15-8-13(9-17(20)21)2-3-16(15)23-18(19)26/h2-3,8,10-11,17H,4-7,9,12H2,1H3,(H,23,26). The lowest BCUT2D eigenvalue weighted by atomic mass is 9.73. The van der Waals surface area contributed by atoms with Crippen LogP contribution in [0.4, 0.5) is 14.5 Å². The molecule has 1 aromatic carbocycles. The topological polar surface area (TPSA) is 50.2 Å². The van der Waals surface area contributed by atoms with Gasteiger partial charge in [-0.25, -0.2) is 8.78 Å². The van der Waals surface area contributed by atoms with Crippen LogP contribution < -0.4 is 5.32 Å². The van der Waals surface area contributed by atoms with Gasteiger partial charge >= 0.3 is 0 Å². The molecule has 5 nitrogen and oxygen atoms in total. The highest BCUT2D eigenvalue weighted by atomic mass is 19.3. The van der Waals surface area contributed by atoms with Crippen molar-refractivity contribution < 1.29 is 13.6 Å². The van der Waals surface area contributed by atoms with Crippen molar-refractivity contribution in [2.24, 2.45) is 7.05 Å². The Labute approximate surface area is 151 Å². The normalized spacial score (nSPS) is 19.2. The Morgan fingerprint density at radius 2 is 2.04 bits per heavy atom. The van der Waals surface area contributed by atoms with Crippen LogP contribution in [0.3, 0.4) is 0 Å². The average Bonchev–Trinajstić information content (AvgIpc) is 3.11. The lowest BCUT2D eigenvalue weighted by Gasteiger charge is -2.38. The van der Waals surface area contributed by atoms with Gasteiger partial charge in [-0.2, -0.15) is 5.10 Å². The first-order chi connectivity index (χ1) is 12.5. The van der Waals surface area contributed by atoms with Crippen LogP contribution in [0.2, 0.25) is 0 Å². The van der Waals surface area contributed by atoms with E-state index in [1.54, 1.807) is 22.9 Å². The first-order valence-corrected chi connectivity index (χ1v) is 8.89. The van der Waals surface area contributed by atoms with E-state index >= 15 is 0 Å². The highest BCUT2D eigenvalue weighted by Gasteiger charge is 2.48. The molecule has 1 N–H and O–H groups in total. The predicted octanol–water partition coefficient (Wildman–Crippen LogP) is 2.71. The molecule has 3 heterocycles. The molecule has 0 saturated carbocycles. The van der Waals surface area contributed by atoms with Crippen molar-refractivity contribution in [3.05, 3.63) is 47.3 Å². The molecule has 1 spiro atoms. The number of carbonyl (C=O) groups excluding carboxylic acids is 1. The van der Waals surface area contributed by atoms with Crippen LogP contribution in [0.5, 0.6) is 0 Å². The number of piperidine rings is 1. The van der Waals surface area contributed by atoms with Crippen LogP contribution in [0.1, 0.15) is 29.5 Å². The van der Waals surface area contributed by atoms with Crippen LogP contribution in [-0.4, -0.2) is 40.1 Å². The zero-order valence-corrected chi connectivity index (χ0v) is 14.7. The molecule has 0 aliphatic carbocycles. The molecule has 1 saturated heterocycles. The van der Waals surface area contributed by atoms with E-state index < -0.39 is 11.8 Å². The van der Waals surface area contributed by atoms with Crippen LogP contribution in [0.25, 0.3) is 0 Å². The van der Waals surface area contributed by atoms with Crippen LogP contribution in [0, 0.1) is 0 Å². The lowest BCUT2D eigenvalue weighted by Crippen LogP contribution is -2.46. The zero-order chi connectivity index (χ0) is 18.3. The number of carbonyl (C=O) groups is 1. The second-order valence-corrected chi connectivity index (χ2v) is 7.31. The number of aromatic nitrogens is 2. The number of anilines is 1. The smallest absolute Gasteiger partial charge is 0.242 e. The molecule has 26 heavy (non-hydrogen) atoms. The molecule has 4 rings (SSSR count). The van der Waals surface area contributed by atoms with Gasteiger partial charge in [-0.05, 0) is 43.1 Å². The summed E-state index contributed by atoms with van der Waals surface area (Å²) in [5, 5.41) is 7.14. The quantitative estimate of drug-likeness (QED) is 0.912. The van der Waals surface area contributed by atoms with Gasteiger partial charge in [0.05, 0.1) is 11.6 Å². The first kappa shape index (κ1) is 17.1. The molecule has 1 aromatic heterocycles. The number of benzene rings is 1. The third-order valence-corrected chi connectivity index (χ3v) is 5.55. The Morgan fingerprint density at radius 3 is 2.69 bits per heavy atom. The van der Waals surface area contributed by atoms with E-state index in [0.717, 1.165) is 36.4 Å². The van der Waals surface area contributed by atoms with E-state index in [4.69, 9.17) is 0 Å². The molecule has 0 atom stereocenters. The fraction of sp³-hybridized carbons (Fsp3) is 0.474. The number of nitrogens with zero attached hydrogens (tertiary/aromatic N) is 3. The van der Waals surface area contributed by atoms with E-state index in [2.05, 4.69) is 15.3 Å². The molecule has 2 aliphatic rings. The number of alkyl halides is 2. The minimum absolute atomic E-state index is 0.00252. The van der Waals surface area contributed by atoms with E-state index in [0.29, 0.717) is 18.4 Å². The van der Waals surface area contributed by atoms with Crippen LogP contribution >= 0.6 is 0 Å². The molecule has 138 valence electrons. The molecule has 0 bridgehead atoms. The molecule has 2 aromatic rings. The third kappa shape index (κ3) is 3.00. The maximum atomic E-state index is 12.7. The number of aryl methyl sites for hydroxylation is 1. The first-order valence-electron chi connectivity index (χ1n) is 8.89. The van der Waals surface area contributed by atoms with Gasteiger partial charge in [-0.1, -0.05) is 12.1 Å². The Morgan fingerprint density at radius 1 is 1.27 bits per heavy atom. The van der Waals surface area contributed by atoms with E-state index in [1.165, 1.54) is 0 Å². The minimum atomic E-state index is -2.38. The van der Waals surface area contributed by atoms with Gasteiger partial charge in [0.2, 0.25) is 12.3 Å². The second-order valence-electron chi connectivity index (χ2n) is 7.31. The van der Waals surface area contributed by atoms with E-state index in [-0.39, 0.29) is 12.3 Å². The zero-order valence-electron chi connectivity index (χ0n) is 14.7. The molecule has 1 fully saturated rings. The predicted molar refractivity (Wildman–Crippen MR) is 94.2 cm³/mol. The summed E-state index contributed by atoms with van der Waals surface area (Å²) in [6.07, 6.45) is 2.60. The van der Waals surface area contributed by atoms with Gasteiger partial charge in [-0.15, -0.1) is 0 Å². The van der Waals surface area contributed by atoms with Crippen molar-refractivity contribution in [2.75, 3.05) is 18.4 Å². The summed E-state index contributed by atoms with van der Waals surface area (Å²) in [7, 11) is 1.89. The maximum absolute atomic E-state index is 12.7. The van der Waals surface area contributed by atoms with Crippen molar-refractivity contribution >= 4 is 11.6 Å². The Kier molecular flexibility index (Phi) is 4.26. The molecular formula is C19H22F2N4O. The number of likely N-dealkylation sites (tertiary alicyclic amines) is 1. The highest BCUT2D eigenvalue weighted by Crippen LogP contribution is 2.45. The minimum Gasteiger partial charge on any atom is -0.325 e. The summed E-state index contributed by atoms with van der Waals surface area (Å²) in [5.74, 6) is 0.00252. The van der Waals surface area contributed by atoms with Gasteiger partial charge < -0.3 is 5.32 Å². The highest BCUT2D eigenvalue weighted by molar-refractivity contribution is 6.06. The van der Waals surface area contributed by atoms with Crippen molar-refractivity contribution in [1.29, 1.82) is 0 Å². The molecule has 0 radical (unpaired) electrons. The summed E-state index contributed by atoms with van der Waals surface area (Å²) in [5.41, 5.74) is 2.82. The summed E-state index contributed by atoms with van der Waals surface area (Å²) in [6.45, 7) is 2.39. The van der Waals surface area contributed by atoms with Gasteiger partial charge in [0.1, 0.15) is 0 Å². The monoisotopic (exact) mass is 360 g/mol. The summed E-state index contributed by atoms with van der Waals surface area (Å²) >= 11 is 0. The van der Waals surface area contributed by atoms with Gasteiger partial charge in [0.15, 0.2) is 0 Å². The molecule has 2 aliphatic heterocycles. The summed E-state index contributed by atoms with van der Waals surface area (Å²) in [4.78, 5) is 15.0. The largest absolute Gasteiger partial charge is 0.325 e. The fourth-order valence-corrected chi connectivity index (χ4v) is 4.17. The van der Waals surface area contributed by atoms with Crippen molar-refractivity contribution in [3.8, 4) is 0 Å². The number of amides is 1. The van der Waals surface area contributed by atoms with Gasteiger partial charge in [0.25, 0.3) is 0 Å². The number of hydrogen-bond donors (Lipinski definition) is 1. The Bertz CT molecular complexity index is 825. The average molecular weight is 360 g/mol. The van der Waals surface area contributed by atoms with Gasteiger partial charge in [0, 0.05) is 37.5 Å². The lowest BCUT2D eigenvalue weighted by molar-refractivity contribution is -0.122. The van der Waals surface area contributed by atoms with Crippen molar-refractivity contribution in [3.63, 3.8) is 0 Å². The number of halogens is 2. The van der Waals surface area contributed by atoms with Gasteiger partial charge in [-0.3, -0.25) is 14.4 Å². The summed E-state index contributed by atoms with van der Waals surface area (Å²) < 4.78 is 27.3. The van der Waals surface area contributed by atoms with E-state index in [1.807, 2.05) is 19.4 Å². The van der Waals surface area contributed by atoms with Crippen LogP contribution in [0.15, 0.2) is 30.6 Å². The Hall–Kier alpha value is -2.28. The SMILES string of the molecule is Cn1cc(CN2CCC3(CC2)C(=O)Nc2ccc(CC(F)F)cc23)cn1. The molecule has 0 unspecified atom stereocenters. The van der Waals surface area contributed by atoms with Crippen LogP contribution in [-0.2, 0) is 30.2 Å². The fourth-order valence-electron chi connectivity index (χ4n) is 4.17. The van der Waals surface area contributed by atoms with E-state index in [9.17, 15) is 13.6 Å². The number of rotatable bonds is 4. The summed E-state index contributed by atoms with van der Waals surface area (Å²) in [6, 6.07) is 5.25. The number of nitrogens with one attached hydrogen (secondary N) is 1. The second kappa shape index (κ2) is 6.46.